The van der Waals surface area contributed by atoms with E-state index in [2.05, 4.69) is 17.2 Å². The summed E-state index contributed by atoms with van der Waals surface area (Å²) in [6, 6.07) is 6.09. The Morgan fingerprint density at radius 1 is 1.20 bits per heavy atom. The quantitative estimate of drug-likeness (QED) is 0.429. The molecule has 41 heavy (non-hydrogen) atoms. The van der Waals surface area contributed by atoms with Gasteiger partial charge in [0.1, 0.15) is 0 Å². The van der Waals surface area contributed by atoms with E-state index >= 15 is 0 Å². The summed E-state index contributed by atoms with van der Waals surface area (Å²) in [4.78, 5) is 46.3. The van der Waals surface area contributed by atoms with Gasteiger partial charge in [0.2, 0.25) is 11.8 Å². The van der Waals surface area contributed by atoms with Gasteiger partial charge < -0.3 is 15.2 Å². The lowest BCUT2D eigenvalue weighted by molar-refractivity contribution is -0.192. The van der Waals surface area contributed by atoms with Crippen LogP contribution in [0.1, 0.15) is 30.0 Å². The van der Waals surface area contributed by atoms with Crippen molar-refractivity contribution in [3.05, 3.63) is 46.7 Å². The molecule has 1 saturated carbocycles. The number of carboxylic acid groups (broad SMARTS) is 1. The normalized spacial score (nSPS) is 23.3. The maximum atomic E-state index is 12.8. The Bertz CT molecular complexity index is 1490. The van der Waals surface area contributed by atoms with Gasteiger partial charge in [0.25, 0.3) is 0 Å². The van der Waals surface area contributed by atoms with Crippen LogP contribution >= 0.6 is 11.3 Å². The zero-order chi connectivity index (χ0) is 29.7. The highest BCUT2D eigenvalue weighted by Crippen LogP contribution is 2.63. The maximum absolute atomic E-state index is 12.8. The molecule has 3 unspecified atom stereocenters. The monoisotopic (exact) mass is 590 g/mol. The molecule has 0 aromatic carbocycles. The molecule has 2 N–H and O–H groups in total. The van der Waals surface area contributed by atoms with Gasteiger partial charge in [-0.15, -0.1) is 11.3 Å². The second-order valence-corrected chi connectivity index (χ2v) is 12.1. The molecular formula is C28H29F3N4O5S. The number of nitrogens with one attached hydrogen (secondary N) is 1. The number of rotatable bonds is 5. The zero-order valence-electron chi connectivity index (χ0n) is 22.6. The molecule has 6 rings (SSSR count). The van der Waals surface area contributed by atoms with Crippen LogP contribution in [0, 0.1) is 24.2 Å². The lowest BCUT2D eigenvalue weighted by atomic mass is 9.96. The van der Waals surface area contributed by atoms with Crippen molar-refractivity contribution in [3.8, 4) is 11.1 Å². The van der Waals surface area contributed by atoms with Gasteiger partial charge in [-0.3, -0.25) is 24.5 Å². The summed E-state index contributed by atoms with van der Waals surface area (Å²) in [5.41, 5.74) is 5.08. The highest BCUT2D eigenvalue weighted by molar-refractivity contribution is 7.19. The lowest BCUT2D eigenvalue weighted by Crippen LogP contribution is -2.39. The number of ether oxygens (including phenoxy) is 1. The van der Waals surface area contributed by atoms with E-state index in [-0.39, 0.29) is 35.2 Å². The van der Waals surface area contributed by atoms with E-state index in [9.17, 15) is 22.8 Å². The fourth-order valence-electron chi connectivity index (χ4n) is 5.68. The van der Waals surface area contributed by atoms with Crippen LogP contribution in [0.3, 0.4) is 0 Å². The van der Waals surface area contributed by atoms with E-state index in [1.807, 2.05) is 44.4 Å². The van der Waals surface area contributed by atoms with Crippen LogP contribution in [0.5, 0.6) is 0 Å². The summed E-state index contributed by atoms with van der Waals surface area (Å²) in [6.45, 7) is 8.86. The molecule has 0 bridgehead atoms. The Balaban J connectivity index is 0.000000431. The first-order valence-corrected chi connectivity index (χ1v) is 13.9. The molecule has 2 saturated heterocycles. The van der Waals surface area contributed by atoms with Crippen LogP contribution < -0.4 is 5.32 Å². The van der Waals surface area contributed by atoms with Crippen LogP contribution in [-0.2, 0) is 32.1 Å². The van der Waals surface area contributed by atoms with Crippen molar-refractivity contribution < 1.29 is 37.4 Å². The van der Waals surface area contributed by atoms with Crippen molar-refractivity contribution in [3.63, 3.8) is 0 Å². The Kier molecular flexibility index (Phi) is 7.64. The van der Waals surface area contributed by atoms with Gasteiger partial charge in [-0.2, -0.15) is 13.2 Å². The Labute approximate surface area is 237 Å². The zero-order valence-corrected chi connectivity index (χ0v) is 23.4. The number of alkyl halides is 3. The fraction of sp³-hybridized carbons (Fsp3) is 0.464. The lowest BCUT2D eigenvalue weighted by Gasteiger charge is -2.24. The number of aromatic nitrogens is 2. The third-order valence-corrected chi connectivity index (χ3v) is 8.99. The van der Waals surface area contributed by atoms with Crippen LogP contribution in [0.25, 0.3) is 21.3 Å². The number of hydrogen-bond acceptors (Lipinski definition) is 8. The summed E-state index contributed by atoms with van der Waals surface area (Å²) in [6.07, 6.45) is -0.560. The number of carboxylic acids is 1. The number of hydrogen-bond donors (Lipinski definition) is 2. The smallest absolute Gasteiger partial charge is 0.475 e. The first-order chi connectivity index (χ1) is 19.3. The summed E-state index contributed by atoms with van der Waals surface area (Å²) in [5, 5.41) is 10.5. The Morgan fingerprint density at radius 2 is 1.85 bits per heavy atom. The number of morpholine rings is 1. The molecule has 1 aliphatic carbocycles. The number of pyridine rings is 2. The van der Waals surface area contributed by atoms with Crippen molar-refractivity contribution >= 4 is 39.3 Å². The van der Waals surface area contributed by atoms with Crippen LogP contribution in [-0.4, -0.2) is 69.7 Å². The molecule has 0 radical (unpaired) electrons. The number of carbonyl (C=O) groups excluding carboxylic acids is 2. The average molecular weight is 591 g/mol. The number of nitrogens with zero attached hydrogens (tertiary/aromatic N) is 3. The molecule has 5 heterocycles. The Morgan fingerprint density at radius 3 is 2.46 bits per heavy atom. The highest BCUT2D eigenvalue weighted by atomic mass is 32.1. The molecule has 3 aliphatic rings. The maximum Gasteiger partial charge on any atom is 0.490 e. The molecule has 0 spiro atoms. The summed E-state index contributed by atoms with van der Waals surface area (Å²) in [5.74, 6) is -3.12. The molecule has 9 nitrogen and oxygen atoms in total. The number of halogens is 3. The number of amides is 2. The number of piperidine rings is 1. The largest absolute Gasteiger partial charge is 0.490 e. The number of thiophene rings is 1. The molecule has 3 fully saturated rings. The first-order valence-electron chi connectivity index (χ1n) is 13.1. The number of aliphatic carboxylic acids is 1. The van der Waals surface area contributed by atoms with Crippen LogP contribution in [0.15, 0.2) is 30.6 Å². The van der Waals surface area contributed by atoms with Gasteiger partial charge in [-0.05, 0) is 36.1 Å². The SMILES string of the molecule is Cc1ccnc(CC2CNCCO2)c1-c1ccnc2cc(CN3C(=O)C4C(C3=O)C4(C)C)sc12.O=C(O)C(F)(F)F. The number of aryl methyl sites for hydroxylation is 1. The van der Waals surface area contributed by atoms with Crippen molar-refractivity contribution in [2.24, 2.45) is 17.3 Å². The van der Waals surface area contributed by atoms with Crippen molar-refractivity contribution in [2.75, 3.05) is 19.7 Å². The first kappa shape index (κ1) is 29.1. The Hall–Kier alpha value is -3.42. The third kappa shape index (κ3) is 5.57. The van der Waals surface area contributed by atoms with Crippen molar-refractivity contribution in [2.45, 2.75) is 46.0 Å². The second-order valence-electron chi connectivity index (χ2n) is 11.0. The van der Waals surface area contributed by atoms with Gasteiger partial charge in [-0.25, -0.2) is 4.79 Å². The fourth-order valence-corrected chi connectivity index (χ4v) is 6.80. The minimum Gasteiger partial charge on any atom is -0.475 e. The molecule has 218 valence electrons. The number of imide groups is 1. The van der Waals surface area contributed by atoms with Gasteiger partial charge in [-0.1, -0.05) is 13.8 Å². The minimum absolute atomic E-state index is 0.0304. The summed E-state index contributed by atoms with van der Waals surface area (Å²) < 4.78 is 38.7. The molecule has 2 aliphatic heterocycles. The highest BCUT2D eigenvalue weighted by Gasteiger charge is 2.72. The van der Waals surface area contributed by atoms with Crippen molar-refractivity contribution in [1.29, 1.82) is 0 Å². The predicted molar refractivity (Wildman–Crippen MR) is 144 cm³/mol. The second kappa shape index (κ2) is 10.8. The molecular weight excluding hydrogens is 561 g/mol. The molecule has 3 aromatic rings. The molecule has 13 heteroatoms. The molecule has 3 aromatic heterocycles. The van der Waals surface area contributed by atoms with Crippen LogP contribution in [0.4, 0.5) is 13.2 Å². The summed E-state index contributed by atoms with van der Waals surface area (Å²) >= 11 is 1.61. The number of likely N-dealkylation sites (tertiary alicyclic amines) is 1. The topological polar surface area (TPSA) is 122 Å². The molecule has 2 amide bonds. The van der Waals surface area contributed by atoms with Gasteiger partial charge in [0, 0.05) is 47.9 Å². The van der Waals surface area contributed by atoms with E-state index in [1.54, 1.807) is 11.3 Å². The van der Waals surface area contributed by atoms with Gasteiger partial charge >= 0.3 is 12.1 Å². The van der Waals surface area contributed by atoms with Gasteiger partial charge in [0.15, 0.2) is 0 Å². The van der Waals surface area contributed by atoms with E-state index < -0.39 is 12.1 Å². The number of fused-ring (bicyclic) bond motifs is 2. The van der Waals surface area contributed by atoms with E-state index in [1.165, 1.54) is 4.90 Å². The van der Waals surface area contributed by atoms with E-state index in [0.29, 0.717) is 13.2 Å². The van der Waals surface area contributed by atoms with E-state index in [0.717, 1.165) is 57.0 Å². The summed E-state index contributed by atoms with van der Waals surface area (Å²) in [7, 11) is 0. The van der Waals surface area contributed by atoms with Crippen molar-refractivity contribution in [1.82, 2.24) is 20.2 Å². The number of carbonyl (C=O) groups is 3. The predicted octanol–water partition coefficient (Wildman–Crippen LogP) is 3.97. The average Bonchev–Trinajstić information content (AvgIpc) is 3.15. The van der Waals surface area contributed by atoms with Crippen LogP contribution in [0.2, 0.25) is 0 Å². The minimum atomic E-state index is -5.08. The van der Waals surface area contributed by atoms with E-state index in [4.69, 9.17) is 19.6 Å². The standard InChI is InChI=1S/C26H28N4O3S.C2HF3O2/c1-14-4-6-28-18(10-15-12-27-8-9-33-15)20(14)17-5-7-29-19-11-16(34-23(17)19)13-30-24(31)21-22(25(30)32)26(21,2)3;3-2(4,5)1(6)7/h4-7,11,15,21-22,27H,8-10,12-13H2,1-3H3;(H,6,7). The molecule has 3 atom stereocenters. The van der Waals surface area contributed by atoms with Gasteiger partial charge in [0.05, 0.1) is 47.0 Å². The third-order valence-electron chi connectivity index (χ3n) is 7.84.